The molecule has 0 radical (unpaired) electrons. The quantitative estimate of drug-likeness (QED) is 0.855. The minimum Gasteiger partial charge on any atom is -0.410 e. The highest BCUT2D eigenvalue weighted by molar-refractivity contribution is 5.70. The molecule has 1 aromatic rings. The molecule has 1 unspecified atom stereocenters. The fourth-order valence-electron chi connectivity index (χ4n) is 2.35. The summed E-state index contributed by atoms with van der Waals surface area (Å²) in [4.78, 5) is 13.3. The van der Waals surface area contributed by atoms with Crippen molar-refractivity contribution in [2.24, 2.45) is 0 Å². The standard InChI is InChI=1S/C16H20N2O2/c1-4-10-17-15-9-7-12-6-8-13(11-14(12)15)20-16(19)18(3)5-2/h1,6,8,11,15,17H,5,7,9-10H2,2-3H3. The number of ether oxygens (including phenoxy) is 1. The molecule has 0 aliphatic heterocycles. The minimum atomic E-state index is -0.335. The number of carbonyl (C=O) groups is 1. The Morgan fingerprint density at radius 2 is 2.40 bits per heavy atom. The van der Waals surface area contributed by atoms with Gasteiger partial charge in [0.1, 0.15) is 5.75 Å². The van der Waals surface area contributed by atoms with Gasteiger partial charge in [-0.1, -0.05) is 12.0 Å². The molecule has 4 nitrogen and oxygen atoms in total. The number of aryl methyl sites for hydroxylation is 1. The number of rotatable bonds is 4. The van der Waals surface area contributed by atoms with Crippen molar-refractivity contribution in [1.29, 1.82) is 0 Å². The van der Waals surface area contributed by atoms with Crippen molar-refractivity contribution in [2.75, 3.05) is 20.1 Å². The van der Waals surface area contributed by atoms with E-state index in [0.717, 1.165) is 12.8 Å². The van der Waals surface area contributed by atoms with Crippen LogP contribution >= 0.6 is 0 Å². The Morgan fingerprint density at radius 1 is 1.60 bits per heavy atom. The van der Waals surface area contributed by atoms with Crippen molar-refractivity contribution in [3.63, 3.8) is 0 Å². The maximum atomic E-state index is 11.8. The maximum absolute atomic E-state index is 11.8. The number of benzene rings is 1. The van der Waals surface area contributed by atoms with Gasteiger partial charge >= 0.3 is 6.09 Å². The van der Waals surface area contributed by atoms with E-state index in [1.165, 1.54) is 16.0 Å². The van der Waals surface area contributed by atoms with E-state index >= 15 is 0 Å². The molecule has 106 valence electrons. The molecule has 0 spiro atoms. The summed E-state index contributed by atoms with van der Waals surface area (Å²) in [5.41, 5.74) is 2.48. The summed E-state index contributed by atoms with van der Waals surface area (Å²) in [6, 6.07) is 6.08. The molecular formula is C16H20N2O2. The van der Waals surface area contributed by atoms with Gasteiger partial charge in [0.25, 0.3) is 0 Å². The minimum absolute atomic E-state index is 0.253. The van der Waals surface area contributed by atoms with Gasteiger partial charge in [0.05, 0.1) is 6.54 Å². The first-order chi connectivity index (χ1) is 9.65. The predicted octanol–water partition coefficient (Wildman–Crippen LogP) is 2.35. The zero-order chi connectivity index (χ0) is 14.5. The lowest BCUT2D eigenvalue weighted by atomic mass is 10.1. The number of terminal acetylenes is 1. The Kier molecular flexibility index (Phi) is 4.65. The van der Waals surface area contributed by atoms with E-state index in [2.05, 4.69) is 11.2 Å². The molecule has 1 aliphatic carbocycles. The second-order valence-electron chi connectivity index (χ2n) is 4.92. The molecule has 0 saturated carbocycles. The first kappa shape index (κ1) is 14.4. The van der Waals surface area contributed by atoms with Crippen LogP contribution in [0.1, 0.15) is 30.5 Å². The molecule has 0 heterocycles. The topological polar surface area (TPSA) is 41.6 Å². The third-order valence-corrected chi connectivity index (χ3v) is 3.64. The van der Waals surface area contributed by atoms with Gasteiger partial charge < -0.3 is 9.64 Å². The lowest BCUT2D eigenvalue weighted by Gasteiger charge is -2.16. The van der Waals surface area contributed by atoms with E-state index in [4.69, 9.17) is 11.2 Å². The Balaban J connectivity index is 2.11. The van der Waals surface area contributed by atoms with Gasteiger partial charge in [-0.25, -0.2) is 4.79 Å². The van der Waals surface area contributed by atoms with Crippen molar-refractivity contribution in [3.05, 3.63) is 29.3 Å². The Bertz CT molecular complexity index is 534. The Labute approximate surface area is 120 Å². The summed E-state index contributed by atoms with van der Waals surface area (Å²) >= 11 is 0. The number of hydrogen-bond acceptors (Lipinski definition) is 3. The highest BCUT2D eigenvalue weighted by atomic mass is 16.6. The zero-order valence-corrected chi connectivity index (χ0v) is 12.0. The lowest BCUT2D eigenvalue weighted by Crippen LogP contribution is -2.29. The van der Waals surface area contributed by atoms with Gasteiger partial charge in [0.15, 0.2) is 0 Å². The van der Waals surface area contributed by atoms with Gasteiger partial charge in [0.2, 0.25) is 0 Å². The SMILES string of the molecule is C#CCNC1CCc2ccc(OC(=O)N(C)CC)cc21. The number of nitrogens with one attached hydrogen (secondary N) is 1. The lowest BCUT2D eigenvalue weighted by molar-refractivity contribution is 0.165. The molecule has 4 heteroatoms. The fourth-order valence-corrected chi connectivity index (χ4v) is 2.35. The molecule has 0 bridgehead atoms. The molecule has 2 rings (SSSR count). The Hall–Kier alpha value is -1.99. The van der Waals surface area contributed by atoms with Crippen LogP contribution in [-0.4, -0.2) is 31.1 Å². The van der Waals surface area contributed by atoms with Crippen LogP contribution in [0, 0.1) is 12.3 Å². The van der Waals surface area contributed by atoms with Crippen molar-refractivity contribution >= 4 is 6.09 Å². The van der Waals surface area contributed by atoms with E-state index in [-0.39, 0.29) is 12.1 Å². The first-order valence-corrected chi connectivity index (χ1v) is 6.88. The molecule has 1 atom stereocenters. The molecule has 0 fully saturated rings. The van der Waals surface area contributed by atoms with E-state index in [0.29, 0.717) is 18.8 Å². The summed E-state index contributed by atoms with van der Waals surface area (Å²) in [6.07, 6.45) is 7.01. The highest BCUT2D eigenvalue weighted by Gasteiger charge is 2.22. The smallest absolute Gasteiger partial charge is 0.410 e. The van der Waals surface area contributed by atoms with Crippen LogP contribution in [0.4, 0.5) is 4.79 Å². The van der Waals surface area contributed by atoms with E-state index in [1.54, 1.807) is 7.05 Å². The summed E-state index contributed by atoms with van der Waals surface area (Å²) in [5, 5.41) is 3.31. The van der Waals surface area contributed by atoms with E-state index in [1.807, 2.05) is 25.1 Å². The molecule has 20 heavy (non-hydrogen) atoms. The van der Waals surface area contributed by atoms with Crippen molar-refractivity contribution in [3.8, 4) is 18.1 Å². The number of nitrogens with zero attached hydrogens (tertiary/aromatic N) is 1. The second kappa shape index (κ2) is 6.44. The van der Waals surface area contributed by atoms with Gasteiger partial charge in [-0.3, -0.25) is 5.32 Å². The Morgan fingerprint density at radius 3 is 3.10 bits per heavy atom. The number of amides is 1. The predicted molar refractivity (Wildman–Crippen MR) is 78.7 cm³/mol. The van der Waals surface area contributed by atoms with Gasteiger partial charge in [-0.05, 0) is 43.0 Å². The van der Waals surface area contributed by atoms with E-state index in [9.17, 15) is 4.79 Å². The molecule has 1 amide bonds. The summed E-state index contributed by atoms with van der Waals surface area (Å²) in [5.74, 6) is 3.18. The van der Waals surface area contributed by atoms with Crippen molar-refractivity contribution in [1.82, 2.24) is 10.2 Å². The van der Waals surface area contributed by atoms with Crippen LogP contribution in [0.15, 0.2) is 18.2 Å². The van der Waals surface area contributed by atoms with Gasteiger partial charge in [-0.2, -0.15) is 0 Å². The second-order valence-corrected chi connectivity index (χ2v) is 4.92. The van der Waals surface area contributed by atoms with Crippen LogP contribution < -0.4 is 10.1 Å². The normalized spacial score (nSPS) is 16.4. The number of carbonyl (C=O) groups excluding carboxylic acids is 1. The summed E-state index contributed by atoms with van der Waals surface area (Å²) < 4.78 is 5.36. The van der Waals surface area contributed by atoms with Crippen molar-refractivity contribution < 1.29 is 9.53 Å². The third kappa shape index (κ3) is 3.12. The summed E-state index contributed by atoms with van der Waals surface area (Å²) in [7, 11) is 1.72. The molecular weight excluding hydrogens is 252 g/mol. The van der Waals surface area contributed by atoms with Gasteiger partial charge in [-0.15, -0.1) is 6.42 Å². The molecule has 1 aromatic carbocycles. The average molecular weight is 272 g/mol. The third-order valence-electron chi connectivity index (χ3n) is 3.64. The van der Waals surface area contributed by atoms with Gasteiger partial charge in [0, 0.05) is 19.6 Å². The molecule has 1 aliphatic rings. The summed E-state index contributed by atoms with van der Waals surface area (Å²) in [6.45, 7) is 3.08. The molecule has 1 N–H and O–H groups in total. The monoisotopic (exact) mass is 272 g/mol. The van der Waals surface area contributed by atoms with Crippen LogP contribution in [0.3, 0.4) is 0 Å². The molecule has 0 saturated heterocycles. The highest BCUT2D eigenvalue weighted by Crippen LogP contribution is 2.33. The fraction of sp³-hybridized carbons (Fsp3) is 0.438. The van der Waals surface area contributed by atoms with E-state index < -0.39 is 0 Å². The zero-order valence-electron chi connectivity index (χ0n) is 12.0. The van der Waals surface area contributed by atoms with Crippen LogP contribution in [-0.2, 0) is 6.42 Å². The van der Waals surface area contributed by atoms with Crippen LogP contribution in [0.2, 0.25) is 0 Å². The van der Waals surface area contributed by atoms with Crippen LogP contribution in [0.25, 0.3) is 0 Å². The number of fused-ring (bicyclic) bond motifs is 1. The molecule has 0 aromatic heterocycles. The maximum Gasteiger partial charge on any atom is 0.414 e. The van der Waals surface area contributed by atoms with Crippen molar-refractivity contribution in [2.45, 2.75) is 25.8 Å². The number of hydrogen-bond donors (Lipinski definition) is 1. The largest absolute Gasteiger partial charge is 0.414 e. The van der Waals surface area contributed by atoms with Crippen LogP contribution in [0.5, 0.6) is 5.75 Å². The first-order valence-electron chi connectivity index (χ1n) is 6.88. The average Bonchev–Trinajstić information content (AvgIpc) is 2.86.